The maximum Gasteiger partial charge on any atom is 0.337 e. The number of carbonyl (C=O) groups excluding carboxylic acids is 1. The first-order chi connectivity index (χ1) is 11.5. The van der Waals surface area contributed by atoms with Gasteiger partial charge in [0.25, 0.3) is 0 Å². The largest absolute Gasteiger partial charge is 0.455 e. The SMILES string of the molecule is CO[C@@]1(C)C=C2C(=O)O[C@@H]3CCC(C1)[C@]23OCc1ccc(C)nc1. The van der Waals surface area contributed by atoms with Gasteiger partial charge in [0.1, 0.15) is 11.7 Å². The van der Waals surface area contributed by atoms with E-state index in [2.05, 4.69) is 4.98 Å². The summed E-state index contributed by atoms with van der Waals surface area (Å²) >= 11 is 0. The molecule has 2 fully saturated rings. The van der Waals surface area contributed by atoms with E-state index in [1.807, 2.05) is 38.3 Å². The van der Waals surface area contributed by atoms with Crippen LogP contribution in [0.4, 0.5) is 0 Å². The molecule has 0 radical (unpaired) electrons. The fraction of sp³-hybridized carbons (Fsp3) is 0.579. The fourth-order valence-electron chi connectivity index (χ4n) is 4.43. The van der Waals surface area contributed by atoms with Gasteiger partial charge < -0.3 is 14.2 Å². The first-order valence-electron chi connectivity index (χ1n) is 8.52. The summed E-state index contributed by atoms with van der Waals surface area (Å²) in [6.45, 7) is 4.41. The van der Waals surface area contributed by atoms with Crippen molar-refractivity contribution in [2.45, 2.75) is 57.0 Å². The van der Waals surface area contributed by atoms with Crippen LogP contribution in [0.1, 0.15) is 37.4 Å². The highest BCUT2D eigenvalue weighted by molar-refractivity contribution is 5.94. The molecule has 5 nitrogen and oxygen atoms in total. The Kier molecular flexibility index (Phi) is 3.55. The molecule has 1 aromatic heterocycles. The molecule has 0 spiro atoms. The summed E-state index contributed by atoms with van der Waals surface area (Å²) < 4.78 is 17.7. The molecule has 1 saturated heterocycles. The van der Waals surface area contributed by atoms with Crippen molar-refractivity contribution in [1.82, 2.24) is 4.98 Å². The van der Waals surface area contributed by atoms with Gasteiger partial charge in [-0.2, -0.15) is 0 Å². The summed E-state index contributed by atoms with van der Waals surface area (Å²) in [5.74, 6) is -0.0213. The Balaban J connectivity index is 1.67. The molecular formula is C19H23NO4. The Morgan fingerprint density at radius 1 is 1.38 bits per heavy atom. The summed E-state index contributed by atoms with van der Waals surface area (Å²) in [5.41, 5.74) is 1.57. The number of methoxy groups -OCH3 is 1. The van der Waals surface area contributed by atoms with Crippen LogP contribution in [0.25, 0.3) is 0 Å². The minimum Gasteiger partial charge on any atom is -0.455 e. The van der Waals surface area contributed by atoms with Gasteiger partial charge in [-0.3, -0.25) is 4.98 Å². The van der Waals surface area contributed by atoms with Crippen molar-refractivity contribution >= 4 is 5.97 Å². The van der Waals surface area contributed by atoms with Crippen molar-refractivity contribution < 1.29 is 19.0 Å². The lowest BCUT2D eigenvalue weighted by Crippen LogP contribution is -2.50. The van der Waals surface area contributed by atoms with Crippen molar-refractivity contribution in [3.05, 3.63) is 41.2 Å². The monoisotopic (exact) mass is 329 g/mol. The molecule has 1 aliphatic heterocycles. The standard InChI is InChI=1S/C19H23NO4/c1-12-4-5-13(10-20-12)11-23-19-14-6-7-16(19)24-17(21)15(19)9-18(2,8-14)22-3/h4-5,9-10,14,16H,6-8,11H2,1-3H3/t14?,16-,18-,19+/m1/s1. The van der Waals surface area contributed by atoms with Crippen LogP contribution >= 0.6 is 0 Å². The van der Waals surface area contributed by atoms with Gasteiger partial charge >= 0.3 is 5.97 Å². The van der Waals surface area contributed by atoms with Crippen LogP contribution in [0.3, 0.4) is 0 Å². The highest BCUT2D eigenvalue weighted by Gasteiger charge is 2.65. The van der Waals surface area contributed by atoms with Crippen LogP contribution in [-0.2, 0) is 25.6 Å². The van der Waals surface area contributed by atoms with Crippen LogP contribution in [0, 0.1) is 12.8 Å². The third-order valence-corrected chi connectivity index (χ3v) is 5.77. The number of ether oxygens (including phenoxy) is 3. The molecule has 0 aromatic carbocycles. The number of carbonyl (C=O) groups is 1. The zero-order valence-corrected chi connectivity index (χ0v) is 14.4. The quantitative estimate of drug-likeness (QED) is 0.795. The van der Waals surface area contributed by atoms with E-state index >= 15 is 0 Å². The molecule has 0 amide bonds. The molecule has 5 heteroatoms. The number of aromatic nitrogens is 1. The molecule has 0 N–H and O–H groups in total. The van der Waals surface area contributed by atoms with E-state index in [0.29, 0.717) is 12.2 Å². The van der Waals surface area contributed by atoms with Crippen molar-refractivity contribution in [2.75, 3.05) is 7.11 Å². The van der Waals surface area contributed by atoms with Crippen LogP contribution in [0.15, 0.2) is 30.0 Å². The smallest absolute Gasteiger partial charge is 0.337 e. The van der Waals surface area contributed by atoms with Gasteiger partial charge in [0, 0.05) is 19.0 Å². The highest BCUT2D eigenvalue weighted by atomic mass is 16.6. The molecule has 1 saturated carbocycles. The topological polar surface area (TPSA) is 57.7 Å². The average Bonchev–Trinajstić information content (AvgIpc) is 3.05. The zero-order chi connectivity index (χ0) is 16.9. The van der Waals surface area contributed by atoms with Crippen LogP contribution in [-0.4, -0.2) is 35.4 Å². The Morgan fingerprint density at radius 2 is 2.21 bits per heavy atom. The van der Waals surface area contributed by atoms with Gasteiger partial charge in [-0.25, -0.2) is 4.79 Å². The van der Waals surface area contributed by atoms with E-state index in [1.165, 1.54) is 0 Å². The van der Waals surface area contributed by atoms with Crippen LogP contribution < -0.4 is 0 Å². The predicted molar refractivity (Wildman–Crippen MR) is 87.2 cm³/mol. The molecule has 128 valence electrons. The maximum atomic E-state index is 12.4. The van der Waals surface area contributed by atoms with Gasteiger partial charge in [-0.05, 0) is 56.7 Å². The van der Waals surface area contributed by atoms with E-state index < -0.39 is 11.2 Å². The zero-order valence-electron chi connectivity index (χ0n) is 14.4. The van der Waals surface area contributed by atoms with Gasteiger partial charge in [-0.1, -0.05) is 6.07 Å². The molecule has 3 aliphatic rings. The molecule has 4 rings (SSSR count). The first kappa shape index (κ1) is 15.8. The van der Waals surface area contributed by atoms with Gasteiger partial charge in [0.05, 0.1) is 17.8 Å². The maximum absolute atomic E-state index is 12.4. The van der Waals surface area contributed by atoms with Crippen molar-refractivity contribution in [3.63, 3.8) is 0 Å². The van der Waals surface area contributed by atoms with E-state index in [4.69, 9.17) is 14.2 Å². The third-order valence-electron chi connectivity index (χ3n) is 5.77. The second-order valence-corrected chi connectivity index (χ2v) is 7.34. The molecule has 4 atom stereocenters. The number of nitrogens with zero attached hydrogens (tertiary/aromatic N) is 1. The fourth-order valence-corrected chi connectivity index (χ4v) is 4.43. The Morgan fingerprint density at radius 3 is 2.92 bits per heavy atom. The lowest BCUT2D eigenvalue weighted by Gasteiger charge is -2.42. The van der Waals surface area contributed by atoms with Crippen LogP contribution in [0.2, 0.25) is 0 Å². The predicted octanol–water partition coefficient (Wildman–Crippen LogP) is 2.72. The summed E-state index contributed by atoms with van der Waals surface area (Å²) in [7, 11) is 1.69. The van der Waals surface area contributed by atoms with E-state index in [0.717, 1.165) is 30.5 Å². The number of hydrogen-bond acceptors (Lipinski definition) is 5. The average molecular weight is 329 g/mol. The van der Waals surface area contributed by atoms with Crippen molar-refractivity contribution in [1.29, 1.82) is 0 Å². The normalized spacial score (nSPS) is 37.1. The minimum atomic E-state index is -0.625. The van der Waals surface area contributed by atoms with Gasteiger partial charge in [-0.15, -0.1) is 0 Å². The number of esters is 1. The summed E-state index contributed by atoms with van der Waals surface area (Å²) in [6, 6.07) is 3.99. The summed E-state index contributed by atoms with van der Waals surface area (Å²) in [6.07, 6.45) is 6.24. The lowest BCUT2D eigenvalue weighted by atomic mass is 9.71. The number of rotatable bonds is 4. The second kappa shape index (κ2) is 5.39. The molecule has 1 unspecified atom stereocenters. The summed E-state index contributed by atoms with van der Waals surface area (Å²) in [5, 5.41) is 0. The molecule has 24 heavy (non-hydrogen) atoms. The minimum absolute atomic E-state index is 0.180. The Labute approximate surface area is 142 Å². The van der Waals surface area contributed by atoms with E-state index in [9.17, 15) is 4.79 Å². The Bertz CT molecular complexity index is 698. The lowest BCUT2D eigenvalue weighted by molar-refractivity contribution is -0.143. The highest BCUT2D eigenvalue weighted by Crippen LogP contribution is 2.56. The molecular weight excluding hydrogens is 306 g/mol. The van der Waals surface area contributed by atoms with E-state index in [-0.39, 0.29) is 18.0 Å². The number of aryl methyl sites for hydroxylation is 1. The van der Waals surface area contributed by atoms with Crippen LogP contribution in [0.5, 0.6) is 0 Å². The second-order valence-electron chi connectivity index (χ2n) is 7.34. The third kappa shape index (κ3) is 2.22. The molecule has 1 aromatic rings. The van der Waals surface area contributed by atoms with Crippen molar-refractivity contribution in [2.24, 2.45) is 5.92 Å². The number of hydrogen-bond donors (Lipinski definition) is 0. The molecule has 2 aliphatic carbocycles. The summed E-state index contributed by atoms with van der Waals surface area (Å²) in [4.78, 5) is 16.7. The number of pyridine rings is 1. The molecule has 2 heterocycles. The van der Waals surface area contributed by atoms with Gasteiger partial charge in [0.2, 0.25) is 0 Å². The van der Waals surface area contributed by atoms with Gasteiger partial charge in [0.15, 0.2) is 0 Å². The Hall–Kier alpha value is -1.72. The van der Waals surface area contributed by atoms with E-state index in [1.54, 1.807) is 7.11 Å². The molecule has 0 bridgehead atoms. The first-order valence-corrected chi connectivity index (χ1v) is 8.52. The van der Waals surface area contributed by atoms with Crippen molar-refractivity contribution in [3.8, 4) is 0 Å².